The first-order chi connectivity index (χ1) is 19.2. The van der Waals surface area contributed by atoms with Crippen molar-refractivity contribution in [2.75, 3.05) is 31.2 Å². The molecule has 0 saturated carbocycles. The third-order valence-electron chi connectivity index (χ3n) is 8.11. The highest BCUT2D eigenvalue weighted by atomic mass is 32.1. The Kier molecular flexibility index (Phi) is 6.10. The predicted molar refractivity (Wildman–Crippen MR) is 152 cm³/mol. The summed E-state index contributed by atoms with van der Waals surface area (Å²) in [6.07, 6.45) is 4.19. The second-order valence-corrected chi connectivity index (χ2v) is 11.5. The average Bonchev–Trinajstić information content (AvgIpc) is 3.60. The molecule has 0 aliphatic carbocycles. The standard InChI is InChI=1S/C29H25F2N7OS/c1-14(2)19-16(11-32)20(15-5-6-18(30)25-21(15)17(12-33)27(35)40-25)23(31)24-22(19)26(34)37-28(36-24)39-13-29-7-3-9-38(29)10-4-8-29/h5-6H,1,3-4,7-10,13,35H2,2H3,(H2,34,36,37). The zero-order valence-corrected chi connectivity index (χ0v) is 22.6. The second kappa shape index (κ2) is 9.40. The lowest BCUT2D eigenvalue weighted by atomic mass is 9.87. The molecule has 2 aromatic carbocycles. The number of nitrogens with two attached hydrogens (primary N) is 2. The first-order valence-corrected chi connectivity index (χ1v) is 13.7. The van der Waals surface area contributed by atoms with Gasteiger partial charge >= 0.3 is 6.01 Å². The minimum atomic E-state index is -0.862. The fraction of sp³-hybridized carbons (Fsp3) is 0.310. The average molecular weight is 558 g/mol. The summed E-state index contributed by atoms with van der Waals surface area (Å²) in [6, 6.07) is 6.51. The molecule has 0 atom stereocenters. The molecule has 4 heterocycles. The third kappa shape index (κ3) is 3.69. The van der Waals surface area contributed by atoms with Gasteiger partial charge in [0.25, 0.3) is 0 Å². The van der Waals surface area contributed by atoms with E-state index in [2.05, 4.69) is 27.5 Å². The van der Waals surface area contributed by atoms with Crippen molar-refractivity contribution in [3.8, 4) is 29.3 Å². The van der Waals surface area contributed by atoms with E-state index < -0.39 is 11.6 Å². The van der Waals surface area contributed by atoms with Crippen molar-refractivity contribution in [3.63, 3.8) is 0 Å². The van der Waals surface area contributed by atoms with E-state index in [0.29, 0.717) is 12.2 Å². The number of thiophene rings is 1. The van der Waals surface area contributed by atoms with Gasteiger partial charge in [0.15, 0.2) is 5.82 Å². The largest absolute Gasteiger partial charge is 0.461 e. The third-order valence-corrected chi connectivity index (χ3v) is 9.14. The van der Waals surface area contributed by atoms with E-state index in [1.807, 2.05) is 6.07 Å². The molecule has 6 rings (SSSR count). The Bertz CT molecular complexity index is 1830. The summed E-state index contributed by atoms with van der Waals surface area (Å²) in [6.45, 7) is 8.06. The minimum absolute atomic E-state index is 0.0120. The van der Waals surface area contributed by atoms with Crippen LogP contribution in [0.1, 0.15) is 49.3 Å². The first-order valence-electron chi connectivity index (χ1n) is 12.9. The summed E-state index contributed by atoms with van der Waals surface area (Å²) in [5, 5.41) is 20.4. The Morgan fingerprint density at radius 2 is 1.82 bits per heavy atom. The highest BCUT2D eigenvalue weighted by Gasteiger charge is 2.45. The van der Waals surface area contributed by atoms with Crippen LogP contribution in [0.25, 0.3) is 37.7 Å². The number of rotatable bonds is 5. The molecule has 2 aliphatic rings. The van der Waals surface area contributed by atoms with E-state index in [0.717, 1.165) is 56.2 Å². The molecule has 0 bridgehead atoms. The van der Waals surface area contributed by atoms with Gasteiger partial charge < -0.3 is 16.2 Å². The SMILES string of the molecule is C=C(C)c1c(C#N)c(-c2ccc(F)c3sc(N)c(C#N)c23)c(F)c2nc(OCC34CCCN3CCC4)nc(N)c12. The molecule has 8 nitrogen and oxygen atoms in total. The first kappa shape index (κ1) is 25.9. The highest BCUT2D eigenvalue weighted by Crippen LogP contribution is 2.46. The number of benzene rings is 2. The number of halogens is 2. The number of hydrogen-bond acceptors (Lipinski definition) is 9. The number of aromatic nitrogens is 2. The van der Waals surface area contributed by atoms with E-state index >= 15 is 4.39 Å². The molecule has 0 amide bonds. The fourth-order valence-corrected chi connectivity index (χ4v) is 7.31. The minimum Gasteiger partial charge on any atom is -0.461 e. The van der Waals surface area contributed by atoms with Crippen LogP contribution in [-0.4, -0.2) is 40.1 Å². The van der Waals surface area contributed by atoms with Gasteiger partial charge in [-0.05, 0) is 62.9 Å². The van der Waals surface area contributed by atoms with Gasteiger partial charge in [0.05, 0.1) is 26.8 Å². The summed E-state index contributed by atoms with van der Waals surface area (Å²) in [5.74, 6) is -1.52. The van der Waals surface area contributed by atoms with Crippen LogP contribution < -0.4 is 16.2 Å². The van der Waals surface area contributed by atoms with Gasteiger partial charge in [-0.25, -0.2) is 8.78 Å². The molecule has 0 radical (unpaired) electrons. The van der Waals surface area contributed by atoms with Crippen LogP contribution in [0.15, 0.2) is 18.7 Å². The molecule has 202 valence electrons. The Labute approximate surface area is 233 Å². The van der Waals surface area contributed by atoms with Crippen LogP contribution in [0.5, 0.6) is 6.01 Å². The zero-order valence-electron chi connectivity index (χ0n) is 21.8. The summed E-state index contributed by atoms with van der Waals surface area (Å²) < 4.78 is 37.6. The lowest BCUT2D eigenvalue weighted by molar-refractivity contribution is 0.108. The maximum Gasteiger partial charge on any atom is 0.319 e. The quantitative estimate of drug-likeness (QED) is 0.317. The summed E-state index contributed by atoms with van der Waals surface area (Å²) in [7, 11) is 0. The molecule has 11 heteroatoms. The van der Waals surface area contributed by atoms with Crippen molar-refractivity contribution in [2.45, 2.75) is 38.1 Å². The molecule has 0 unspecified atom stereocenters. The normalized spacial score (nSPS) is 16.2. The lowest BCUT2D eigenvalue weighted by Crippen LogP contribution is -2.43. The van der Waals surface area contributed by atoms with Crippen molar-refractivity contribution < 1.29 is 13.5 Å². The van der Waals surface area contributed by atoms with Gasteiger partial charge in [0.2, 0.25) is 0 Å². The molecule has 4 aromatic rings. The Morgan fingerprint density at radius 1 is 1.12 bits per heavy atom. The molecule has 2 aliphatic heterocycles. The van der Waals surface area contributed by atoms with E-state index in [9.17, 15) is 14.9 Å². The van der Waals surface area contributed by atoms with Gasteiger partial charge in [0.1, 0.15) is 40.9 Å². The maximum atomic E-state index is 16.6. The van der Waals surface area contributed by atoms with Crippen molar-refractivity contribution >= 4 is 48.7 Å². The Morgan fingerprint density at radius 3 is 2.48 bits per heavy atom. The number of nitrogens with zero attached hydrogens (tertiary/aromatic N) is 5. The molecular formula is C29H25F2N7OS. The van der Waals surface area contributed by atoms with Crippen LogP contribution in [0.2, 0.25) is 0 Å². The summed E-state index contributed by atoms with van der Waals surface area (Å²) >= 11 is 0.890. The highest BCUT2D eigenvalue weighted by molar-refractivity contribution is 7.23. The maximum absolute atomic E-state index is 16.6. The number of ether oxygens (including phenoxy) is 1. The zero-order chi connectivity index (χ0) is 28.3. The van der Waals surface area contributed by atoms with E-state index in [1.54, 1.807) is 6.92 Å². The second-order valence-electron chi connectivity index (χ2n) is 10.4. The number of nitrogen functional groups attached to an aromatic ring is 2. The molecule has 2 saturated heterocycles. The predicted octanol–water partition coefficient (Wildman–Crippen LogP) is 5.74. The van der Waals surface area contributed by atoms with E-state index in [1.165, 1.54) is 6.07 Å². The van der Waals surface area contributed by atoms with Gasteiger partial charge in [-0.3, -0.25) is 4.90 Å². The van der Waals surface area contributed by atoms with Crippen molar-refractivity contribution in [1.29, 1.82) is 10.5 Å². The number of hydrogen-bond donors (Lipinski definition) is 2. The molecule has 40 heavy (non-hydrogen) atoms. The smallest absolute Gasteiger partial charge is 0.319 e. The molecule has 2 aromatic heterocycles. The lowest BCUT2D eigenvalue weighted by Gasteiger charge is -2.31. The van der Waals surface area contributed by atoms with Crippen molar-refractivity contribution in [1.82, 2.24) is 14.9 Å². The Hall–Kier alpha value is -4.32. The topological polar surface area (TPSA) is 138 Å². The van der Waals surface area contributed by atoms with Crippen LogP contribution in [0, 0.1) is 34.3 Å². The number of anilines is 2. The number of fused-ring (bicyclic) bond motifs is 3. The Balaban J connectivity index is 1.60. The number of nitriles is 2. The van der Waals surface area contributed by atoms with Crippen LogP contribution in [0.4, 0.5) is 19.6 Å². The fourth-order valence-electron chi connectivity index (χ4n) is 6.36. The van der Waals surface area contributed by atoms with Crippen LogP contribution >= 0.6 is 11.3 Å². The number of allylic oxidation sites excluding steroid dienone is 1. The van der Waals surface area contributed by atoms with Gasteiger partial charge in [-0.1, -0.05) is 12.6 Å². The van der Waals surface area contributed by atoms with Crippen molar-refractivity contribution in [3.05, 3.63) is 47.0 Å². The molecule has 4 N–H and O–H groups in total. The van der Waals surface area contributed by atoms with Gasteiger partial charge in [-0.15, -0.1) is 11.3 Å². The van der Waals surface area contributed by atoms with Gasteiger partial charge in [0, 0.05) is 16.5 Å². The van der Waals surface area contributed by atoms with E-state index in [4.69, 9.17) is 16.2 Å². The monoisotopic (exact) mass is 557 g/mol. The molecular weight excluding hydrogens is 532 g/mol. The van der Waals surface area contributed by atoms with Gasteiger partial charge in [-0.2, -0.15) is 20.5 Å². The molecule has 2 fully saturated rings. The van der Waals surface area contributed by atoms with E-state index in [-0.39, 0.29) is 71.2 Å². The van der Waals surface area contributed by atoms with Crippen molar-refractivity contribution in [2.24, 2.45) is 0 Å². The molecule has 0 spiro atoms. The van der Waals surface area contributed by atoms with Crippen LogP contribution in [-0.2, 0) is 0 Å². The van der Waals surface area contributed by atoms with Crippen LogP contribution in [0.3, 0.4) is 0 Å². The summed E-state index contributed by atoms with van der Waals surface area (Å²) in [4.78, 5) is 11.2. The summed E-state index contributed by atoms with van der Waals surface area (Å²) in [5.41, 5.74) is 12.8.